The fourth-order valence-corrected chi connectivity index (χ4v) is 2.13. The molecule has 1 atom stereocenters. The molecule has 0 aliphatic rings. The van der Waals surface area contributed by atoms with Crippen LogP contribution < -0.4 is 4.90 Å². The van der Waals surface area contributed by atoms with Crippen molar-refractivity contribution in [3.63, 3.8) is 0 Å². The van der Waals surface area contributed by atoms with E-state index in [-0.39, 0.29) is 0 Å². The second-order valence-electron chi connectivity index (χ2n) is 4.66. The summed E-state index contributed by atoms with van der Waals surface area (Å²) in [6, 6.07) is 12.2. The molecule has 0 aliphatic carbocycles. The Hall–Kier alpha value is -1.87. The van der Waals surface area contributed by atoms with E-state index in [0.29, 0.717) is 0 Å². The van der Waals surface area contributed by atoms with E-state index in [1.807, 2.05) is 24.3 Å². The van der Waals surface area contributed by atoms with Crippen LogP contribution >= 0.6 is 0 Å². The van der Waals surface area contributed by atoms with Crippen LogP contribution in [0, 0.1) is 6.92 Å². The maximum absolute atomic E-state index is 9.52. The fourth-order valence-electron chi connectivity index (χ4n) is 2.13. The van der Waals surface area contributed by atoms with Gasteiger partial charge in [0.2, 0.25) is 0 Å². The summed E-state index contributed by atoms with van der Waals surface area (Å²) >= 11 is 0. The Kier molecular flexibility index (Phi) is 4.17. The summed E-state index contributed by atoms with van der Waals surface area (Å²) in [5.74, 6) is 0.904. The quantitative estimate of drug-likeness (QED) is 0.908. The van der Waals surface area contributed by atoms with Gasteiger partial charge in [-0.1, -0.05) is 24.3 Å². The molecule has 3 heteroatoms. The molecule has 2 aromatic rings. The molecule has 1 heterocycles. The monoisotopic (exact) mass is 256 g/mol. The molecule has 1 unspecified atom stereocenters. The van der Waals surface area contributed by atoms with Gasteiger partial charge in [-0.3, -0.25) is 0 Å². The lowest BCUT2D eigenvalue weighted by molar-refractivity contribution is 0.199. The number of nitrogens with zero attached hydrogens (tertiary/aromatic N) is 2. The van der Waals surface area contributed by atoms with Crippen LogP contribution in [0.1, 0.15) is 31.1 Å². The van der Waals surface area contributed by atoms with Gasteiger partial charge in [-0.05, 0) is 44.0 Å². The number of aryl methyl sites for hydroxylation is 1. The average molecular weight is 256 g/mol. The highest BCUT2D eigenvalue weighted by Gasteiger charge is 2.11. The van der Waals surface area contributed by atoms with Gasteiger partial charge in [-0.15, -0.1) is 0 Å². The molecule has 100 valence electrons. The molecule has 0 aliphatic heterocycles. The highest BCUT2D eigenvalue weighted by atomic mass is 16.3. The molecule has 0 bridgehead atoms. The third kappa shape index (κ3) is 2.93. The Morgan fingerprint density at radius 3 is 2.47 bits per heavy atom. The number of pyridine rings is 1. The number of rotatable bonds is 4. The van der Waals surface area contributed by atoms with Gasteiger partial charge < -0.3 is 10.0 Å². The molecule has 19 heavy (non-hydrogen) atoms. The lowest BCUT2D eigenvalue weighted by atomic mass is 10.1. The first-order chi connectivity index (χ1) is 9.13. The Bertz CT molecular complexity index is 535. The molecule has 1 aromatic carbocycles. The standard InChI is InChI=1S/C16H20N2O/c1-4-18(15-8-6-5-7-12(15)2)16-10-9-14(11-17-16)13(3)19/h5-11,13,19H,4H2,1-3H3. The van der Waals surface area contributed by atoms with Gasteiger partial charge >= 0.3 is 0 Å². The molecular formula is C16H20N2O. The predicted octanol–water partition coefficient (Wildman–Crippen LogP) is 3.60. The van der Waals surface area contributed by atoms with E-state index in [1.54, 1.807) is 13.1 Å². The molecule has 1 aromatic heterocycles. The molecule has 0 fully saturated rings. The van der Waals surface area contributed by atoms with Crippen LogP contribution in [0.25, 0.3) is 0 Å². The summed E-state index contributed by atoms with van der Waals surface area (Å²) in [5, 5.41) is 9.52. The molecule has 0 saturated heterocycles. The number of benzene rings is 1. The molecule has 0 spiro atoms. The van der Waals surface area contributed by atoms with E-state index < -0.39 is 6.10 Å². The fraction of sp³-hybridized carbons (Fsp3) is 0.312. The van der Waals surface area contributed by atoms with E-state index in [1.165, 1.54) is 11.3 Å². The summed E-state index contributed by atoms with van der Waals surface area (Å²) < 4.78 is 0. The number of aromatic nitrogens is 1. The van der Waals surface area contributed by atoms with Gasteiger partial charge in [-0.25, -0.2) is 4.98 Å². The van der Waals surface area contributed by atoms with Crippen molar-refractivity contribution in [2.75, 3.05) is 11.4 Å². The smallest absolute Gasteiger partial charge is 0.132 e. The van der Waals surface area contributed by atoms with Crippen LogP contribution in [0.15, 0.2) is 42.6 Å². The largest absolute Gasteiger partial charge is 0.389 e. The van der Waals surface area contributed by atoms with Crippen molar-refractivity contribution in [2.45, 2.75) is 26.9 Å². The number of anilines is 2. The van der Waals surface area contributed by atoms with Crippen molar-refractivity contribution in [2.24, 2.45) is 0 Å². The van der Waals surface area contributed by atoms with Crippen molar-refractivity contribution >= 4 is 11.5 Å². The minimum atomic E-state index is -0.477. The van der Waals surface area contributed by atoms with Crippen molar-refractivity contribution in [3.05, 3.63) is 53.7 Å². The van der Waals surface area contributed by atoms with Crippen LogP contribution in [-0.4, -0.2) is 16.6 Å². The van der Waals surface area contributed by atoms with Gasteiger partial charge in [0.15, 0.2) is 0 Å². The second-order valence-corrected chi connectivity index (χ2v) is 4.66. The number of hydrogen-bond donors (Lipinski definition) is 1. The van der Waals surface area contributed by atoms with Crippen LogP contribution in [0.4, 0.5) is 11.5 Å². The number of para-hydroxylation sites is 1. The predicted molar refractivity (Wildman–Crippen MR) is 78.7 cm³/mol. The maximum atomic E-state index is 9.52. The van der Waals surface area contributed by atoms with Gasteiger partial charge in [0.25, 0.3) is 0 Å². The first kappa shape index (κ1) is 13.6. The Labute approximate surface area is 114 Å². The van der Waals surface area contributed by atoms with Crippen molar-refractivity contribution in [1.29, 1.82) is 0 Å². The molecular weight excluding hydrogens is 236 g/mol. The highest BCUT2D eigenvalue weighted by molar-refractivity contribution is 5.63. The van der Waals surface area contributed by atoms with Crippen molar-refractivity contribution in [3.8, 4) is 0 Å². The molecule has 0 saturated carbocycles. The Balaban J connectivity index is 2.35. The van der Waals surface area contributed by atoms with E-state index >= 15 is 0 Å². The van der Waals surface area contributed by atoms with Gasteiger partial charge in [0, 0.05) is 18.4 Å². The zero-order chi connectivity index (χ0) is 13.8. The van der Waals surface area contributed by atoms with E-state index in [9.17, 15) is 5.11 Å². The third-order valence-electron chi connectivity index (χ3n) is 3.25. The zero-order valence-corrected chi connectivity index (χ0v) is 11.7. The summed E-state index contributed by atoms with van der Waals surface area (Å²) in [6.07, 6.45) is 1.26. The normalized spacial score (nSPS) is 12.2. The van der Waals surface area contributed by atoms with Gasteiger partial charge in [-0.2, -0.15) is 0 Å². The van der Waals surface area contributed by atoms with Crippen LogP contribution in [-0.2, 0) is 0 Å². The molecule has 2 rings (SSSR count). The third-order valence-corrected chi connectivity index (χ3v) is 3.25. The van der Waals surface area contributed by atoms with Crippen molar-refractivity contribution < 1.29 is 5.11 Å². The number of hydrogen-bond acceptors (Lipinski definition) is 3. The van der Waals surface area contributed by atoms with Gasteiger partial charge in [0.1, 0.15) is 5.82 Å². The van der Waals surface area contributed by atoms with E-state index in [4.69, 9.17) is 0 Å². The highest BCUT2D eigenvalue weighted by Crippen LogP contribution is 2.27. The molecule has 0 amide bonds. The van der Waals surface area contributed by atoms with Gasteiger partial charge in [0.05, 0.1) is 6.10 Å². The summed E-state index contributed by atoms with van der Waals surface area (Å²) in [6.45, 7) is 6.81. The van der Waals surface area contributed by atoms with Crippen molar-refractivity contribution in [1.82, 2.24) is 4.98 Å². The average Bonchev–Trinajstić information content (AvgIpc) is 2.42. The number of aliphatic hydroxyl groups excluding tert-OH is 1. The topological polar surface area (TPSA) is 36.4 Å². The zero-order valence-electron chi connectivity index (χ0n) is 11.7. The summed E-state index contributed by atoms with van der Waals surface area (Å²) in [4.78, 5) is 6.62. The second kappa shape index (κ2) is 5.85. The minimum absolute atomic E-state index is 0.477. The molecule has 0 radical (unpaired) electrons. The van der Waals surface area contributed by atoms with E-state index in [0.717, 1.165) is 17.9 Å². The van der Waals surface area contributed by atoms with Crippen LogP contribution in [0.5, 0.6) is 0 Å². The first-order valence-corrected chi connectivity index (χ1v) is 6.60. The lowest BCUT2D eigenvalue weighted by Crippen LogP contribution is -2.18. The maximum Gasteiger partial charge on any atom is 0.132 e. The first-order valence-electron chi connectivity index (χ1n) is 6.60. The SMILES string of the molecule is CCN(c1ccc(C(C)O)cn1)c1ccccc1C. The minimum Gasteiger partial charge on any atom is -0.389 e. The Morgan fingerprint density at radius 1 is 1.21 bits per heavy atom. The summed E-state index contributed by atoms with van der Waals surface area (Å²) in [7, 11) is 0. The Morgan fingerprint density at radius 2 is 1.95 bits per heavy atom. The van der Waals surface area contributed by atoms with E-state index in [2.05, 4.69) is 35.9 Å². The lowest BCUT2D eigenvalue weighted by Gasteiger charge is -2.24. The van der Waals surface area contributed by atoms with Crippen LogP contribution in [0.3, 0.4) is 0 Å². The van der Waals surface area contributed by atoms with Crippen LogP contribution in [0.2, 0.25) is 0 Å². The summed E-state index contributed by atoms with van der Waals surface area (Å²) in [5.41, 5.74) is 3.23. The molecule has 1 N–H and O–H groups in total. The molecule has 3 nitrogen and oxygen atoms in total. The number of aliphatic hydroxyl groups is 1.